The number of hydrogen-bond acceptors (Lipinski definition) is 4. The lowest BCUT2D eigenvalue weighted by Gasteiger charge is -2.21. The summed E-state index contributed by atoms with van der Waals surface area (Å²) in [7, 11) is 0. The number of carbonyl (C=O) groups is 2. The van der Waals surface area contributed by atoms with E-state index in [1.54, 1.807) is 0 Å². The highest BCUT2D eigenvalue weighted by Gasteiger charge is 2.15. The Morgan fingerprint density at radius 3 is 2.50 bits per heavy atom. The molecule has 0 amide bonds. The summed E-state index contributed by atoms with van der Waals surface area (Å²) in [4.78, 5) is 21.1. The van der Waals surface area contributed by atoms with E-state index in [-0.39, 0.29) is 6.10 Å². The quantitative estimate of drug-likeness (QED) is 0.491. The van der Waals surface area contributed by atoms with Crippen LogP contribution in [0.5, 0.6) is 0 Å². The van der Waals surface area contributed by atoms with Crippen LogP contribution < -0.4 is 5.32 Å². The van der Waals surface area contributed by atoms with Crippen LogP contribution in [0.15, 0.2) is 12.2 Å². The van der Waals surface area contributed by atoms with E-state index in [4.69, 9.17) is 9.84 Å². The molecule has 1 aliphatic heterocycles. The van der Waals surface area contributed by atoms with E-state index < -0.39 is 11.9 Å². The van der Waals surface area contributed by atoms with E-state index in [1.165, 1.54) is 0 Å². The number of carboxylic acid groups (broad SMARTS) is 1. The van der Waals surface area contributed by atoms with Gasteiger partial charge in [0.25, 0.3) is 0 Å². The van der Waals surface area contributed by atoms with Crippen molar-refractivity contribution in [3.05, 3.63) is 12.2 Å². The third-order valence-corrected chi connectivity index (χ3v) is 1.93. The molecule has 1 fully saturated rings. The van der Waals surface area contributed by atoms with Crippen molar-refractivity contribution in [2.24, 2.45) is 0 Å². The maximum atomic E-state index is 11.0. The molecule has 5 heteroatoms. The lowest BCUT2D eigenvalue weighted by atomic mass is 10.1. The largest absolute Gasteiger partial charge is 0.478 e. The zero-order chi connectivity index (χ0) is 10.4. The minimum Gasteiger partial charge on any atom is -0.478 e. The van der Waals surface area contributed by atoms with Crippen LogP contribution in [0.4, 0.5) is 0 Å². The molecule has 0 aromatic rings. The molecule has 0 radical (unpaired) electrons. The molecule has 0 bridgehead atoms. The Morgan fingerprint density at radius 1 is 1.29 bits per heavy atom. The number of aliphatic carboxylic acids is 1. The minimum atomic E-state index is -1.15. The number of rotatable bonds is 3. The molecule has 78 valence electrons. The van der Waals surface area contributed by atoms with Crippen molar-refractivity contribution < 1.29 is 19.4 Å². The monoisotopic (exact) mass is 199 g/mol. The third kappa shape index (κ3) is 4.04. The van der Waals surface area contributed by atoms with Crippen molar-refractivity contribution in [3.63, 3.8) is 0 Å². The highest BCUT2D eigenvalue weighted by Crippen LogP contribution is 2.07. The van der Waals surface area contributed by atoms with Gasteiger partial charge in [-0.15, -0.1) is 0 Å². The summed E-state index contributed by atoms with van der Waals surface area (Å²) in [5, 5.41) is 11.4. The van der Waals surface area contributed by atoms with Gasteiger partial charge >= 0.3 is 11.9 Å². The molecule has 0 aromatic carbocycles. The number of carboxylic acids is 1. The second-order valence-electron chi connectivity index (χ2n) is 3.06. The summed E-state index contributed by atoms with van der Waals surface area (Å²) in [5.74, 6) is -1.73. The van der Waals surface area contributed by atoms with Gasteiger partial charge in [0, 0.05) is 12.2 Å². The van der Waals surface area contributed by atoms with Gasteiger partial charge in [0.2, 0.25) is 0 Å². The molecular weight excluding hydrogens is 186 g/mol. The van der Waals surface area contributed by atoms with Crippen molar-refractivity contribution >= 4 is 11.9 Å². The molecule has 0 spiro atoms. The van der Waals surface area contributed by atoms with Crippen LogP contribution in [0.3, 0.4) is 0 Å². The normalized spacial score (nSPS) is 18.3. The van der Waals surface area contributed by atoms with Crippen molar-refractivity contribution in [2.75, 3.05) is 13.1 Å². The summed E-state index contributed by atoms with van der Waals surface area (Å²) in [6.07, 6.45) is 3.20. The maximum absolute atomic E-state index is 11.0. The van der Waals surface area contributed by atoms with E-state index in [2.05, 4.69) is 5.32 Å². The molecule has 1 heterocycles. The first-order valence-corrected chi connectivity index (χ1v) is 4.51. The standard InChI is InChI=1S/C9H13NO4/c11-8(12)1-2-9(13)14-7-3-5-10-6-4-7/h1-2,7,10H,3-6H2,(H,11,12)/b2-1+. The zero-order valence-corrected chi connectivity index (χ0v) is 7.73. The van der Waals surface area contributed by atoms with Crippen molar-refractivity contribution in [3.8, 4) is 0 Å². The van der Waals surface area contributed by atoms with Gasteiger partial charge in [0.1, 0.15) is 6.10 Å². The van der Waals surface area contributed by atoms with Crippen LogP contribution in [0, 0.1) is 0 Å². The fraction of sp³-hybridized carbons (Fsp3) is 0.556. The molecule has 0 saturated carbocycles. The van der Waals surface area contributed by atoms with Crippen LogP contribution in [0.1, 0.15) is 12.8 Å². The topological polar surface area (TPSA) is 75.6 Å². The minimum absolute atomic E-state index is 0.0813. The molecule has 0 aromatic heterocycles. The van der Waals surface area contributed by atoms with Crippen LogP contribution in [-0.4, -0.2) is 36.2 Å². The second kappa shape index (κ2) is 5.39. The Bertz CT molecular complexity index is 243. The summed E-state index contributed by atoms with van der Waals surface area (Å²) in [6.45, 7) is 1.67. The van der Waals surface area contributed by atoms with Gasteiger partial charge in [-0.2, -0.15) is 0 Å². The Labute approximate surface area is 81.7 Å². The number of ether oxygens (including phenoxy) is 1. The number of nitrogens with one attached hydrogen (secondary N) is 1. The Kier molecular flexibility index (Phi) is 4.12. The first kappa shape index (κ1) is 10.7. The van der Waals surface area contributed by atoms with Gasteiger partial charge in [-0.05, 0) is 25.9 Å². The zero-order valence-electron chi connectivity index (χ0n) is 7.73. The summed E-state index contributed by atoms with van der Waals surface area (Å²) in [6, 6.07) is 0. The Morgan fingerprint density at radius 2 is 1.93 bits per heavy atom. The highest BCUT2D eigenvalue weighted by molar-refractivity contribution is 5.90. The van der Waals surface area contributed by atoms with Crippen LogP contribution in [0.25, 0.3) is 0 Å². The molecular formula is C9H13NO4. The lowest BCUT2D eigenvalue weighted by Crippen LogP contribution is -2.33. The molecule has 2 N–H and O–H groups in total. The van der Waals surface area contributed by atoms with E-state index in [9.17, 15) is 9.59 Å². The second-order valence-corrected chi connectivity index (χ2v) is 3.06. The first-order valence-electron chi connectivity index (χ1n) is 4.51. The van der Waals surface area contributed by atoms with Crippen LogP contribution >= 0.6 is 0 Å². The van der Waals surface area contributed by atoms with Crippen LogP contribution in [-0.2, 0) is 14.3 Å². The highest BCUT2D eigenvalue weighted by atomic mass is 16.5. The predicted molar refractivity (Wildman–Crippen MR) is 48.8 cm³/mol. The molecule has 1 saturated heterocycles. The summed E-state index contributed by atoms with van der Waals surface area (Å²) in [5.41, 5.74) is 0. The number of piperidine rings is 1. The summed E-state index contributed by atoms with van der Waals surface area (Å²) >= 11 is 0. The van der Waals surface area contributed by atoms with Crippen molar-refractivity contribution in [1.29, 1.82) is 0 Å². The maximum Gasteiger partial charge on any atom is 0.331 e. The predicted octanol–water partition coefficient (Wildman–Crippen LogP) is -0.0776. The molecule has 1 rings (SSSR count). The summed E-state index contributed by atoms with van der Waals surface area (Å²) < 4.78 is 5.01. The van der Waals surface area contributed by atoms with Crippen molar-refractivity contribution in [1.82, 2.24) is 5.32 Å². The molecule has 0 unspecified atom stereocenters. The van der Waals surface area contributed by atoms with Gasteiger partial charge < -0.3 is 15.2 Å². The van der Waals surface area contributed by atoms with E-state index >= 15 is 0 Å². The van der Waals surface area contributed by atoms with Crippen molar-refractivity contribution in [2.45, 2.75) is 18.9 Å². The average Bonchev–Trinajstić information content (AvgIpc) is 2.16. The van der Waals surface area contributed by atoms with E-state index in [0.29, 0.717) is 0 Å². The van der Waals surface area contributed by atoms with Gasteiger partial charge in [0.05, 0.1) is 0 Å². The Balaban J connectivity index is 2.28. The Hall–Kier alpha value is -1.36. The molecule has 5 nitrogen and oxygen atoms in total. The smallest absolute Gasteiger partial charge is 0.331 e. The molecule has 14 heavy (non-hydrogen) atoms. The lowest BCUT2D eigenvalue weighted by molar-refractivity contribution is -0.144. The van der Waals surface area contributed by atoms with Gasteiger partial charge in [-0.25, -0.2) is 9.59 Å². The van der Waals surface area contributed by atoms with Gasteiger partial charge in [-0.3, -0.25) is 0 Å². The van der Waals surface area contributed by atoms with Gasteiger partial charge in [0.15, 0.2) is 0 Å². The molecule has 0 atom stereocenters. The fourth-order valence-corrected chi connectivity index (χ4v) is 1.26. The van der Waals surface area contributed by atoms with E-state index in [0.717, 1.165) is 38.1 Å². The van der Waals surface area contributed by atoms with Crippen LogP contribution in [0.2, 0.25) is 0 Å². The number of hydrogen-bond donors (Lipinski definition) is 2. The molecule has 0 aliphatic carbocycles. The van der Waals surface area contributed by atoms with E-state index in [1.807, 2.05) is 0 Å². The molecule has 1 aliphatic rings. The van der Waals surface area contributed by atoms with Gasteiger partial charge in [-0.1, -0.05) is 0 Å². The number of esters is 1. The third-order valence-electron chi connectivity index (χ3n) is 1.93. The SMILES string of the molecule is O=C(O)/C=C/C(=O)OC1CCNCC1. The number of carbonyl (C=O) groups excluding carboxylic acids is 1. The first-order chi connectivity index (χ1) is 6.68. The fourth-order valence-electron chi connectivity index (χ4n) is 1.26. The average molecular weight is 199 g/mol.